The maximum absolute atomic E-state index is 13.3. The molecule has 0 unspecified atom stereocenters. The number of nitrogens with one attached hydrogen (secondary N) is 5. The maximum Gasteiger partial charge on any atom is 0.279 e. The van der Waals surface area contributed by atoms with Gasteiger partial charge in [0.05, 0.1) is 38.7 Å². The molecule has 0 aromatic heterocycles. The predicted octanol–water partition coefficient (Wildman–Crippen LogP) is 12.6. The summed E-state index contributed by atoms with van der Waals surface area (Å²) in [4.78, 5) is 49.8. The minimum atomic E-state index is -0.892. The van der Waals surface area contributed by atoms with Crippen molar-refractivity contribution in [1.82, 2.24) is 5.48 Å². The highest BCUT2D eigenvalue weighted by molar-refractivity contribution is 6.38. The minimum Gasteiger partial charge on any atom is -0.510 e. The highest BCUT2D eigenvalue weighted by Crippen LogP contribution is 2.32. The monoisotopic (exact) mass is 958 g/mol. The number of carbonyl (C=O) groups is 3. The Labute approximate surface area is 386 Å². The number of amides is 2. The van der Waals surface area contributed by atoms with Gasteiger partial charge in [-0.15, -0.1) is 10.2 Å². The van der Waals surface area contributed by atoms with Gasteiger partial charge in [0.2, 0.25) is 5.84 Å². The van der Waals surface area contributed by atoms with E-state index in [1.165, 1.54) is 44.2 Å². The van der Waals surface area contributed by atoms with Crippen LogP contribution in [0.4, 0.5) is 28.4 Å². The molecule has 0 aliphatic carbocycles. The third-order valence-electron chi connectivity index (χ3n) is 8.53. The molecule has 322 valence electrons. The van der Waals surface area contributed by atoms with E-state index in [2.05, 4.69) is 42.3 Å². The normalized spacial score (nSPS) is 11.9. The molecule has 14 nitrogen and oxygen atoms in total. The Hall–Kier alpha value is -5.42. The smallest absolute Gasteiger partial charge is 0.279 e. The zero-order valence-corrected chi connectivity index (χ0v) is 37.6. The lowest BCUT2D eigenvalue weighted by Gasteiger charge is -2.13. The number of aliphatic hydroxyl groups excluding tert-OH is 1. The first-order chi connectivity index (χ1) is 29.5. The first-order valence-corrected chi connectivity index (χ1v) is 20.4. The Balaban J connectivity index is 1.19. The van der Waals surface area contributed by atoms with E-state index < -0.39 is 29.1 Å². The van der Waals surface area contributed by atoms with Gasteiger partial charge in [-0.2, -0.15) is 5.10 Å². The molecule has 6 N–H and O–H groups in total. The fourth-order valence-electron chi connectivity index (χ4n) is 5.14. The number of anilines is 4. The van der Waals surface area contributed by atoms with Gasteiger partial charge in [0.1, 0.15) is 18.1 Å². The second-order valence-corrected chi connectivity index (χ2v) is 15.8. The molecule has 0 saturated carbocycles. The van der Waals surface area contributed by atoms with Crippen molar-refractivity contribution in [2.75, 3.05) is 21.5 Å². The van der Waals surface area contributed by atoms with Crippen molar-refractivity contribution in [2.45, 2.75) is 40.9 Å². The molecule has 5 aromatic rings. The van der Waals surface area contributed by atoms with Gasteiger partial charge in [-0.3, -0.25) is 35.0 Å². The molecule has 0 fully saturated rings. The van der Waals surface area contributed by atoms with Crippen molar-refractivity contribution in [3.8, 4) is 0 Å². The third kappa shape index (κ3) is 13.3. The number of allylic oxidation sites excluding steroid dienone is 1. The quantitative estimate of drug-likeness (QED) is 0.0140. The summed E-state index contributed by atoms with van der Waals surface area (Å²) in [5.41, 5.74) is 12.4. The molecule has 2 amide bonds. The van der Waals surface area contributed by atoms with Crippen molar-refractivity contribution in [1.29, 1.82) is 0 Å². The Bertz CT molecular complexity index is 2620. The lowest BCUT2D eigenvalue weighted by molar-refractivity contribution is -0.113. The molecule has 0 aliphatic rings. The molecule has 5 aromatic carbocycles. The highest BCUT2D eigenvalue weighted by atomic mass is 35.5. The van der Waals surface area contributed by atoms with Crippen molar-refractivity contribution in [3.63, 3.8) is 0 Å². The van der Waals surface area contributed by atoms with Gasteiger partial charge in [-0.25, -0.2) is 5.48 Å². The summed E-state index contributed by atoms with van der Waals surface area (Å²) < 4.78 is 0. The minimum absolute atomic E-state index is 0.0409. The molecule has 0 radical (unpaired) electrons. The van der Waals surface area contributed by atoms with Crippen LogP contribution in [-0.2, 0) is 32.5 Å². The van der Waals surface area contributed by atoms with Crippen molar-refractivity contribution < 1.29 is 29.2 Å². The number of aryl methyl sites for hydroxylation is 2. The number of hydroxylamine groups is 1. The summed E-state index contributed by atoms with van der Waals surface area (Å²) in [6.45, 7) is 6.20. The lowest BCUT2D eigenvalue weighted by atomic mass is 10.1. The largest absolute Gasteiger partial charge is 0.510 e. The average molecular weight is 962 g/mol. The van der Waals surface area contributed by atoms with E-state index in [-0.39, 0.29) is 51.1 Å². The number of hydrogen-bond acceptors (Lipinski definition) is 11. The number of amidine groups is 1. The molecule has 0 aliphatic heterocycles. The van der Waals surface area contributed by atoms with Crippen LogP contribution in [0.3, 0.4) is 0 Å². The van der Waals surface area contributed by atoms with Crippen LogP contribution in [0.1, 0.15) is 46.5 Å². The Morgan fingerprint density at radius 1 is 0.661 bits per heavy atom. The molecular weight excluding hydrogens is 925 g/mol. The number of ketones is 1. The number of aliphatic hydroxyl groups is 1. The van der Waals surface area contributed by atoms with E-state index in [1.807, 2.05) is 19.9 Å². The topological polar surface area (TPSA) is 187 Å². The highest BCUT2D eigenvalue weighted by Gasteiger charge is 2.18. The van der Waals surface area contributed by atoms with Crippen LogP contribution in [0, 0.1) is 13.8 Å². The number of benzene rings is 5. The van der Waals surface area contributed by atoms with Gasteiger partial charge in [0.25, 0.3) is 11.8 Å². The van der Waals surface area contributed by atoms with Gasteiger partial charge in [-0.05, 0) is 104 Å². The second-order valence-electron chi connectivity index (χ2n) is 13.3. The number of rotatable bonds is 16. The van der Waals surface area contributed by atoms with Gasteiger partial charge >= 0.3 is 0 Å². The SMILES string of the molecule is CC(=O)/C(=N/Nc1cc(CONc2cc(Cl)ccc2C)ccc1Cl)NOCc1cc(Cl)c(NC(=O)/C(N=Nc2cc(C(=O)Nc3cc(Cl)ccc3C)ccc2Cl)=C(/C)O)cc1Cl. The lowest BCUT2D eigenvalue weighted by Crippen LogP contribution is -2.30. The predicted molar refractivity (Wildman–Crippen MR) is 246 cm³/mol. The summed E-state index contributed by atoms with van der Waals surface area (Å²) in [6.07, 6.45) is 0. The van der Waals surface area contributed by atoms with Gasteiger partial charge in [0.15, 0.2) is 11.5 Å². The van der Waals surface area contributed by atoms with E-state index >= 15 is 0 Å². The number of carbonyl (C=O) groups excluding carboxylic acids is 3. The number of nitrogens with zero attached hydrogens (tertiary/aromatic N) is 3. The summed E-state index contributed by atoms with van der Waals surface area (Å²) in [6, 6.07) is 22.7. The fraction of sp³-hybridized carbons (Fsp3) is 0.143. The molecule has 0 saturated heterocycles. The number of halogens is 6. The van der Waals surface area contributed by atoms with Crippen molar-refractivity contribution in [2.24, 2.45) is 15.3 Å². The van der Waals surface area contributed by atoms with Crippen LogP contribution in [-0.4, -0.2) is 28.5 Å². The molecule has 5 rings (SSSR count). The van der Waals surface area contributed by atoms with Crippen LogP contribution in [0.2, 0.25) is 30.1 Å². The van der Waals surface area contributed by atoms with E-state index in [4.69, 9.17) is 79.3 Å². The Morgan fingerprint density at radius 3 is 2.03 bits per heavy atom. The molecule has 0 spiro atoms. The number of azo groups is 1. The molecule has 20 heteroatoms. The number of hydrazone groups is 1. The molecule has 62 heavy (non-hydrogen) atoms. The molecule has 0 bridgehead atoms. The fourth-order valence-corrected chi connectivity index (χ4v) is 6.25. The van der Waals surface area contributed by atoms with Crippen LogP contribution < -0.4 is 27.0 Å². The molecule has 0 heterocycles. The van der Waals surface area contributed by atoms with E-state index in [0.29, 0.717) is 32.0 Å². The standard InChI is InChI=1S/C42H36Cl6N8O6/c1-21-5-9-28(43)16-34(21)49-41(59)26-8-12-31(46)38(15-26)51-53-39(23(3)57)42(60)50-36-18-32(47)27(14-33(36)48)20-62-56-40(24(4)58)54-52-37-13-25(7-11-30(37)45)19-61-55-35-17-29(44)10-6-22(35)2/h5-18,52,55,57H,19-20H2,1-4H3,(H,49,59)(H,50,60)(H,54,56)/b39-23+,53-51?. The Kier molecular flexibility index (Phi) is 17.0. The summed E-state index contributed by atoms with van der Waals surface area (Å²) >= 11 is 37.9. The summed E-state index contributed by atoms with van der Waals surface area (Å²) in [5, 5.41) is 29.3. The van der Waals surface area contributed by atoms with Crippen molar-refractivity contribution in [3.05, 3.63) is 154 Å². The summed E-state index contributed by atoms with van der Waals surface area (Å²) in [5.74, 6) is -2.51. The van der Waals surface area contributed by atoms with E-state index in [1.54, 1.807) is 48.5 Å². The van der Waals surface area contributed by atoms with Crippen LogP contribution in [0.15, 0.2) is 112 Å². The first-order valence-electron chi connectivity index (χ1n) is 18.1. The maximum atomic E-state index is 13.3. The van der Waals surface area contributed by atoms with E-state index in [9.17, 15) is 19.5 Å². The second kappa shape index (κ2) is 22.1. The zero-order chi connectivity index (χ0) is 45.1. The van der Waals surface area contributed by atoms with Crippen LogP contribution in [0.25, 0.3) is 0 Å². The zero-order valence-electron chi connectivity index (χ0n) is 33.1. The van der Waals surface area contributed by atoms with Crippen molar-refractivity contribution >= 4 is 121 Å². The van der Waals surface area contributed by atoms with Gasteiger partial charge in [-0.1, -0.05) is 87.8 Å². The molecule has 0 atom stereocenters. The van der Waals surface area contributed by atoms with Crippen LogP contribution in [0.5, 0.6) is 0 Å². The van der Waals surface area contributed by atoms with Gasteiger partial charge < -0.3 is 15.7 Å². The van der Waals surface area contributed by atoms with Gasteiger partial charge in [0, 0.05) is 38.8 Å². The number of Topliss-reactive ketones (excluding diaryl/α,β-unsaturated/α-hetero) is 1. The third-order valence-corrected chi connectivity index (χ3v) is 10.3. The van der Waals surface area contributed by atoms with E-state index in [0.717, 1.165) is 22.4 Å². The Morgan fingerprint density at radius 2 is 1.34 bits per heavy atom. The molecular formula is C42H36Cl6N8O6. The number of hydrogen-bond donors (Lipinski definition) is 6. The first kappa shape index (κ1) is 47.6. The average Bonchev–Trinajstić information content (AvgIpc) is 3.21. The summed E-state index contributed by atoms with van der Waals surface area (Å²) in [7, 11) is 0. The van der Waals surface area contributed by atoms with Crippen LogP contribution >= 0.6 is 69.6 Å².